The molecule has 0 saturated carbocycles. The molecule has 1 aromatic heterocycles. The normalized spacial score (nSPS) is 15.9. The van der Waals surface area contributed by atoms with Gasteiger partial charge in [-0.1, -0.05) is 54.6 Å². The van der Waals surface area contributed by atoms with Crippen LogP contribution in [0.1, 0.15) is 24.5 Å². The number of hydrogen-bond donors (Lipinski definition) is 0. The van der Waals surface area contributed by atoms with E-state index in [1.807, 2.05) is 10.7 Å². The summed E-state index contributed by atoms with van der Waals surface area (Å²) in [5, 5.41) is 7.15. The van der Waals surface area contributed by atoms with Crippen molar-refractivity contribution in [2.45, 2.75) is 19.8 Å². The molecule has 0 amide bonds. The van der Waals surface area contributed by atoms with E-state index in [1.165, 1.54) is 16.7 Å². The smallest absolute Gasteiger partial charge is 0.206 e. The molecule has 0 radical (unpaired) electrons. The van der Waals surface area contributed by atoms with Crippen molar-refractivity contribution in [3.05, 3.63) is 75.9 Å². The summed E-state index contributed by atoms with van der Waals surface area (Å²) in [6.45, 7) is 2.82. The minimum Gasteiger partial charge on any atom is -0.258 e. The maximum atomic E-state index is 5.00. The fourth-order valence-electron chi connectivity index (χ4n) is 3.08. The Bertz CT molecular complexity index is 948. The van der Waals surface area contributed by atoms with Crippen molar-refractivity contribution in [1.82, 2.24) is 4.68 Å². The van der Waals surface area contributed by atoms with Crippen LogP contribution in [0.2, 0.25) is 0 Å². The number of aryl methyl sites for hydroxylation is 1. The van der Waals surface area contributed by atoms with Crippen molar-refractivity contribution in [2.24, 2.45) is 10.1 Å². The highest BCUT2D eigenvalue weighted by Gasteiger charge is 2.18. The van der Waals surface area contributed by atoms with Gasteiger partial charge in [-0.25, -0.2) is 4.68 Å². The molecule has 1 heterocycles. The van der Waals surface area contributed by atoms with E-state index in [2.05, 4.69) is 65.8 Å². The summed E-state index contributed by atoms with van der Waals surface area (Å²) >= 11 is 1.65. The van der Waals surface area contributed by atoms with Crippen molar-refractivity contribution >= 4 is 17.0 Å². The van der Waals surface area contributed by atoms with Crippen molar-refractivity contribution in [3.63, 3.8) is 0 Å². The largest absolute Gasteiger partial charge is 0.258 e. The molecule has 0 N–H and O–H groups in total. The standard InChI is InChI=1S/C20H19N3S/c1-2-21-20-23(19(14-24-20)16-9-4-3-5-10-16)22-18-13-12-15-8-6-7-11-17(15)18/h3-11,14H,2,12-13H2,1H3. The molecule has 0 unspecified atom stereocenters. The number of aromatic nitrogens is 1. The van der Waals surface area contributed by atoms with Crippen LogP contribution >= 0.6 is 11.3 Å². The predicted octanol–water partition coefficient (Wildman–Crippen LogP) is 4.34. The topological polar surface area (TPSA) is 29.6 Å². The van der Waals surface area contributed by atoms with Gasteiger partial charge in [0.05, 0.1) is 11.4 Å². The highest BCUT2D eigenvalue weighted by atomic mass is 32.1. The van der Waals surface area contributed by atoms with Crippen molar-refractivity contribution < 1.29 is 0 Å². The number of hydrogen-bond acceptors (Lipinski definition) is 3. The molecule has 0 spiro atoms. The minimum atomic E-state index is 0.760. The van der Waals surface area contributed by atoms with Crippen LogP contribution in [0.4, 0.5) is 0 Å². The first-order chi connectivity index (χ1) is 11.9. The van der Waals surface area contributed by atoms with Crippen molar-refractivity contribution in [1.29, 1.82) is 0 Å². The zero-order valence-corrected chi connectivity index (χ0v) is 14.5. The Hall–Kier alpha value is -2.46. The lowest BCUT2D eigenvalue weighted by Gasteiger charge is -2.06. The van der Waals surface area contributed by atoms with Crippen LogP contribution in [0.5, 0.6) is 0 Å². The van der Waals surface area contributed by atoms with Gasteiger partial charge in [-0.3, -0.25) is 4.99 Å². The third-order valence-electron chi connectivity index (χ3n) is 4.23. The molecule has 1 aliphatic rings. The van der Waals surface area contributed by atoms with Crippen LogP contribution in [-0.4, -0.2) is 16.9 Å². The fraction of sp³-hybridized carbons (Fsp3) is 0.200. The molecule has 4 rings (SSSR count). The van der Waals surface area contributed by atoms with Gasteiger partial charge in [0.15, 0.2) is 0 Å². The first-order valence-electron chi connectivity index (χ1n) is 8.29. The molecule has 0 atom stereocenters. The summed E-state index contributed by atoms with van der Waals surface area (Å²) in [6, 6.07) is 19.0. The van der Waals surface area contributed by atoms with Crippen LogP contribution in [0.15, 0.2) is 70.1 Å². The van der Waals surface area contributed by atoms with E-state index >= 15 is 0 Å². The van der Waals surface area contributed by atoms with E-state index in [0.717, 1.165) is 35.6 Å². The van der Waals surface area contributed by atoms with E-state index in [0.29, 0.717) is 0 Å². The average Bonchev–Trinajstić information content (AvgIpc) is 3.22. The molecular weight excluding hydrogens is 314 g/mol. The molecule has 0 bridgehead atoms. The first-order valence-corrected chi connectivity index (χ1v) is 9.17. The van der Waals surface area contributed by atoms with Gasteiger partial charge in [0.1, 0.15) is 0 Å². The molecule has 4 heteroatoms. The second-order valence-corrected chi connectivity index (χ2v) is 6.60. The van der Waals surface area contributed by atoms with E-state index in [9.17, 15) is 0 Å². The molecule has 0 fully saturated rings. The SMILES string of the molecule is CCN=c1scc(-c2ccccc2)n1N=C1CCc2ccccc21. The first kappa shape index (κ1) is 15.1. The van der Waals surface area contributed by atoms with E-state index in [4.69, 9.17) is 5.10 Å². The fourth-order valence-corrected chi connectivity index (χ4v) is 3.97. The predicted molar refractivity (Wildman–Crippen MR) is 101 cm³/mol. The van der Waals surface area contributed by atoms with Gasteiger partial charge in [-0.2, -0.15) is 5.10 Å². The summed E-state index contributed by atoms with van der Waals surface area (Å²) in [6.07, 6.45) is 2.06. The highest BCUT2D eigenvalue weighted by Crippen LogP contribution is 2.24. The highest BCUT2D eigenvalue weighted by molar-refractivity contribution is 7.07. The Morgan fingerprint density at radius 3 is 2.62 bits per heavy atom. The second-order valence-electron chi connectivity index (χ2n) is 5.76. The van der Waals surface area contributed by atoms with Crippen LogP contribution in [0, 0.1) is 0 Å². The Labute approximate surface area is 145 Å². The molecule has 0 saturated heterocycles. The summed E-state index contributed by atoms with van der Waals surface area (Å²) < 4.78 is 2.01. The molecule has 3 aromatic rings. The Morgan fingerprint density at radius 1 is 1.00 bits per heavy atom. The summed E-state index contributed by atoms with van der Waals surface area (Å²) in [4.78, 5) is 5.58. The van der Waals surface area contributed by atoms with Crippen molar-refractivity contribution in [2.75, 3.05) is 6.54 Å². The summed E-state index contributed by atoms with van der Waals surface area (Å²) in [7, 11) is 0. The van der Waals surface area contributed by atoms with E-state index in [1.54, 1.807) is 11.3 Å². The Morgan fingerprint density at radius 2 is 1.79 bits per heavy atom. The van der Waals surface area contributed by atoms with Gasteiger partial charge in [0, 0.05) is 23.1 Å². The zero-order valence-electron chi connectivity index (χ0n) is 13.6. The Balaban J connectivity index is 1.88. The molecule has 120 valence electrons. The minimum absolute atomic E-state index is 0.760. The van der Waals surface area contributed by atoms with Crippen LogP contribution in [0.25, 0.3) is 11.3 Å². The van der Waals surface area contributed by atoms with E-state index in [-0.39, 0.29) is 0 Å². The molecule has 3 nitrogen and oxygen atoms in total. The third kappa shape index (κ3) is 2.74. The van der Waals surface area contributed by atoms with Gasteiger partial charge in [-0.05, 0) is 25.3 Å². The zero-order chi connectivity index (χ0) is 16.4. The second kappa shape index (κ2) is 6.57. The van der Waals surface area contributed by atoms with Crippen LogP contribution < -0.4 is 4.80 Å². The van der Waals surface area contributed by atoms with Gasteiger partial charge in [0.2, 0.25) is 4.80 Å². The van der Waals surface area contributed by atoms with Crippen molar-refractivity contribution in [3.8, 4) is 11.3 Å². The number of benzene rings is 2. The van der Waals surface area contributed by atoms with Gasteiger partial charge >= 0.3 is 0 Å². The van der Waals surface area contributed by atoms with Crippen LogP contribution in [-0.2, 0) is 6.42 Å². The van der Waals surface area contributed by atoms with Gasteiger partial charge in [0.25, 0.3) is 0 Å². The quantitative estimate of drug-likeness (QED) is 0.683. The lowest BCUT2D eigenvalue weighted by atomic mass is 10.1. The molecule has 1 aliphatic carbocycles. The monoisotopic (exact) mass is 333 g/mol. The summed E-state index contributed by atoms with van der Waals surface area (Å²) in [5.74, 6) is 0. The number of rotatable bonds is 3. The Kier molecular flexibility index (Phi) is 4.13. The average molecular weight is 333 g/mol. The molecule has 0 aliphatic heterocycles. The number of nitrogens with zero attached hydrogens (tertiary/aromatic N) is 3. The summed E-state index contributed by atoms with van der Waals surface area (Å²) in [5.41, 5.74) is 6.09. The maximum absolute atomic E-state index is 5.00. The number of thiazole rings is 1. The van der Waals surface area contributed by atoms with E-state index < -0.39 is 0 Å². The lowest BCUT2D eigenvalue weighted by molar-refractivity contribution is 0.823. The number of fused-ring (bicyclic) bond motifs is 1. The molecular formula is C20H19N3S. The van der Waals surface area contributed by atoms with Gasteiger partial charge in [-0.15, -0.1) is 11.3 Å². The third-order valence-corrected chi connectivity index (χ3v) is 5.08. The molecule has 24 heavy (non-hydrogen) atoms. The van der Waals surface area contributed by atoms with Crippen LogP contribution in [0.3, 0.4) is 0 Å². The maximum Gasteiger partial charge on any atom is 0.206 e. The lowest BCUT2D eigenvalue weighted by Crippen LogP contribution is -2.14. The van der Waals surface area contributed by atoms with Gasteiger partial charge < -0.3 is 0 Å². The molecule has 2 aromatic carbocycles.